The highest BCUT2D eigenvalue weighted by Crippen LogP contribution is 2.28. The molecule has 0 aliphatic rings. The number of nitrogens with zero attached hydrogens (tertiary/aromatic N) is 1. The zero-order valence-corrected chi connectivity index (χ0v) is 9.25. The highest BCUT2D eigenvalue weighted by atomic mass is 16.6. The van der Waals surface area contributed by atoms with Gasteiger partial charge in [0.2, 0.25) is 5.91 Å². The van der Waals surface area contributed by atoms with Crippen molar-refractivity contribution in [3.8, 4) is 0 Å². The normalized spacial score (nSPS) is 9.78. The summed E-state index contributed by atoms with van der Waals surface area (Å²) in [4.78, 5) is 31.5. The van der Waals surface area contributed by atoms with Crippen LogP contribution in [0.1, 0.15) is 16.8 Å². The van der Waals surface area contributed by atoms with Crippen LogP contribution in [0.3, 0.4) is 0 Å². The monoisotopic (exact) mass is 253 g/mol. The third-order valence-corrected chi connectivity index (χ3v) is 2.14. The molecule has 0 saturated carbocycles. The number of amides is 1. The van der Waals surface area contributed by atoms with E-state index in [0.29, 0.717) is 0 Å². The topological polar surface area (TPSA) is 136 Å². The van der Waals surface area contributed by atoms with E-state index in [0.717, 1.165) is 6.07 Å². The van der Waals surface area contributed by atoms with Crippen LogP contribution in [0.2, 0.25) is 0 Å². The summed E-state index contributed by atoms with van der Waals surface area (Å²) in [5.41, 5.74) is 4.02. The van der Waals surface area contributed by atoms with Gasteiger partial charge in [0, 0.05) is 13.0 Å². The fraction of sp³-hybridized carbons (Fsp3) is 0.200. The molecule has 8 nitrogen and oxygen atoms in total. The molecule has 0 heterocycles. The van der Waals surface area contributed by atoms with E-state index >= 15 is 0 Å². The van der Waals surface area contributed by atoms with Crippen LogP contribution in [0.25, 0.3) is 0 Å². The third-order valence-electron chi connectivity index (χ3n) is 2.14. The summed E-state index contributed by atoms with van der Waals surface area (Å²) in [6.07, 6.45) is -0.00550. The van der Waals surface area contributed by atoms with Crippen LogP contribution in [0, 0.1) is 10.1 Å². The van der Waals surface area contributed by atoms with Crippen LogP contribution in [0.4, 0.5) is 11.4 Å². The molecule has 0 aromatic heterocycles. The number of carbonyl (C=O) groups excluding carboxylic acids is 1. The average Bonchev–Trinajstić information content (AvgIpc) is 2.27. The van der Waals surface area contributed by atoms with Gasteiger partial charge in [0.1, 0.15) is 11.3 Å². The minimum atomic E-state index is -1.39. The van der Waals surface area contributed by atoms with Crippen molar-refractivity contribution < 1.29 is 19.6 Å². The molecule has 0 aliphatic heterocycles. The summed E-state index contributed by atoms with van der Waals surface area (Å²) >= 11 is 0. The average molecular weight is 253 g/mol. The molecule has 1 aromatic rings. The minimum Gasteiger partial charge on any atom is -0.477 e. The second-order valence-corrected chi connectivity index (χ2v) is 3.41. The van der Waals surface area contributed by atoms with Gasteiger partial charge in [0.15, 0.2) is 0 Å². The van der Waals surface area contributed by atoms with E-state index in [9.17, 15) is 19.7 Å². The van der Waals surface area contributed by atoms with E-state index < -0.39 is 28.1 Å². The van der Waals surface area contributed by atoms with Crippen molar-refractivity contribution in [3.63, 3.8) is 0 Å². The van der Waals surface area contributed by atoms with Crippen molar-refractivity contribution in [1.29, 1.82) is 0 Å². The van der Waals surface area contributed by atoms with Crippen molar-refractivity contribution in [1.82, 2.24) is 0 Å². The minimum absolute atomic E-state index is 0.00550. The molecular weight excluding hydrogens is 242 g/mol. The maximum absolute atomic E-state index is 10.9. The quantitative estimate of drug-likeness (QED) is 0.501. The first-order valence-electron chi connectivity index (χ1n) is 4.96. The van der Waals surface area contributed by atoms with Crippen LogP contribution in [0.15, 0.2) is 18.2 Å². The van der Waals surface area contributed by atoms with Crippen molar-refractivity contribution in [2.45, 2.75) is 6.42 Å². The molecule has 0 atom stereocenters. The number of aromatic carboxylic acids is 1. The Morgan fingerprint density at radius 3 is 2.61 bits per heavy atom. The molecule has 1 aromatic carbocycles. The molecule has 0 bridgehead atoms. The molecule has 0 saturated heterocycles. The summed E-state index contributed by atoms with van der Waals surface area (Å²) in [5.74, 6) is -1.94. The number of hydrogen-bond donors (Lipinski definition) is 3. The van der Waals surface area contributed by atoms with Gasteiger partial charge in [-0.2, -0.15) is 0 Å². The Balaban J connectivity index is 3.03. The molecule has 0 fully saturated rings. The van der Waals surface area contributed by atoms with Crippen molar-refractivity contribution in [2.75, 3.05) is 11.9 Å². The zero-order chi connectivity index (χ0) is 13.7. The van der Waals surface area contributed by atoms with Gasteiger partial charge in [0.25, 0.3) is 0 Å². The summed E-state index contributed by atoms with van der Waals surface area (Å²) in [6, 6.07) is 3.88. The van der Waals surface area contributed by atoms with E-state index in [4.69, 9.17) is 10.8 Å². The smallest absolute Gasteiger partial charge is 0.342 e. The first-order valence-corrected chi connectivity index (χ1v) is 4.96. The lowest BCUT2D eigenvalue weighted by molar-refractivity contribution is -0.384. The molecule has 8 heteroatoms. The number of nitrogens with one attached hydrogen (secondary N) is 1. The molecule has 0 unspecified atom stereocenters. The standard InChI is InChI=1S/C10H11N3O5/c11-8(14)4-5-12-7-3-1-2-6(10(15)16)9(7)13(17)18/h1-3,12H,4-5H2,(H2,11,14)(H,15,16). The van der Waals surface area contributed by atoms with Crippen molar-refractivity contribution >= 4 is 23.3 Å². The zero-order valence-electron chi connectivity index (χ0n) is 9.25. The summed E-state index contributed by atoms with van der Waals surface area (Å²) in [7, 11) is 0. The molecule has 4 N–H and O–H groups in total. The number of benzene rings is 1. The number of carboxylic acid groups (broad SMARTS) is 1. The highest BCUT2D eigenvalue weighted by molar-refractivity contribution is 5.95. The molecule has 1 rings (SSSR count). The lowest BCUT2D eigenvalue weighted by Gasteiger charge is -2.07. The maximum Gasteiger partial charge on any atom is 0.342 e. The molecule has 96 valence electrons. The number of para-hydroxylation sites is 1. The molecule has 0 radical (unpaired) electrons. The van der Waals surface area contributed by atoms with Crippen LogP contribution in [0.5, 0.6) is 0 Å². The number of primary amides is 1. The van der Waals surface area contributed by atoms with Gasteiger partial charge < -0.3 is 16.2 Å². The Kier molecular flexibility index (Phi) is 4.19. The van der Waals surface area contributed by atoms with Gasteiger partial charge in [-0.25, -0.2) is 4.79 Å². The largest absolute Gasteiger partial charge is 0.477 e. The number of anilines is 1. The van der Waals surface area contributed by atoms with Crippen LogP contribution in [-0.4, -0.2) is 28.5 Å². The van der Waals surface area contributed by atoms with E-state index in [1.54, 1.807) is 0 Å². The first-order chi connectivity index (χ1) is 8.43. The molecular formula is C10H11N3O5. The molecule has 0 spiro atoms. The number of hydrogen-bond acceptors (Lipinski definition) is 5. The first kappa shape index (κ1) is 13.4. The Morgan fingerprint density at radius 2 is 2.11 bits per heavy atom. The van der Waals surface area contributed by atoms with Gasteiger partial charge in [-0.1, -0.05) is 6.07 Å². The number of nitrogens with two attached hydrogens (primary N) is 1. The Hall–Kier alpha value is -2.64. The second kappa shape index (κ2) is 5.62. The predicted octanol–water partition coefficient (Wildman–Crippen LogP) is 0.580. The summed E-state index contributed by atoms with van der Waals surface area (Å²) in [5, 5.41) is 22.3. The van der Waals surface area contributed by atoms with E-state index in [1.165, 1.54) is 12.1 Å². The Labute approximate surface area is 102 Å². The molecule has 18 heavy (non-hydrogen) atoms. The van der Waals surface area contributed by atoms with Gasteiger partial charge in [-0.3, -0.25) is 14.9 Å². The van der Waals surface area contributed by atoms with Crippen LogP contribution in [-0.2, 0) is 4.79 Å². The van der Waals surface area contributed by atoms with Gasteiger partial charge in [-0.15, -0.1) is 0 Å². The van der Waals surface area contributed by atoms with Crippen LogP contribution < -0.4 is 11.1 Å². The van der Waals surface area contributed by atoms with Gasteiger partial charge in [0.05, 0.1) is 4.92 Å². The SMILES string of the molecule is NC(=O)CCNc1cccc(C(=O)O)c1[N+](=O)[O-]. The Morgan fingerprint density at radius 1 is 1.44 bits per heavy atom. The second-order valence-electron chi connectivity index (χ2n) is 3.41. The third kappa shape index (κ3) is 3.17. The lowest BCUT2D eigenvalue weighted by atomic mass is 10.1. The Bertz CT molecular complexity index is 500. The van der Waals surface area contributed by atoms with Crippen molar-refractivity contribution in [3.05, 3.63) is 33.9 Å². The number of rotatable bonds is 6. The van der Waals surface area contributed by atoms with Crippen molar-refractivity contribution in [2.24, 2.45) is 5.73 Å². The predicted molar refractivity (Wildman–Crippen MR) is 62.4 cm³/mol. The fourth-order valence-corrected chi connectivity index (χ4v) is 1.38. The number of nitro benzene ring substituents is 1. The van der Waals surface area contributed by atoms with Crippen LogP contribution >= 0.6 is 0 Å². The van der Waals surface area contributed by atoms with E-state index in [-0.39, 0.29) is 18.7 Å². The van der Waals surface area contributed by atoms with Gasteiger partial charge >= 0.3 is 11.7 Å². The number of carboxylic acids is 1. The fourth-order valence-electron chi connectivity index (χ4n) is 1.38. The molecule has 1 amide bonds. The highest BCUT2D eigenvalue weighted by Gasteiger charge is 2.23. The molecule has 0 aliphatic carbocycles. The van der Waals surface area contributed by atoms with E-state index in [2.05, 4.69) is 5.32 Å². The van der Waals surface area contributed by atoms with Gasteiger partial charge in [-0.05, 0) is 12.1 Å². The summed E-state index contributed by atoms with van der Waals surface area (Å²) in [6.45, 7) is 0.0965. The number of carbonyl (C=O) groups is 2. The maximum atomic E-state index is 10.9. The van der Waals surface area contributed by atoms with E-state index in [1.807, 2.05) is 0 Å². The lowest BCUT2D eigenvalue weighted by Crippen LogP contribution is -2.16. The number of nitro groups is 1. The summed E-state index contributed by atoms with van der Waals surface area (Å²) < 4.78 is 0.